The molecule has 1 aromatic heterocycles. The van der Waals surface area contributed by atoms with E-state index in [4.69, 9.17) is 28.2 Å². The molecule has 1 fully saturated rings. The summed E-state index contributed by atoms with van der Waals surface area (Å²) >= 11 is 12.3. The van der Waals surface area contributed by atoms with E-state index in [2.05, 4.69) is 10.3 Å². The number of carboxylic acids is 1. The van der Waals surface area contributed by atoms with Gasteiger partial charge in [-0.05, 0) is 67.1 Å². The maximum absolute atomic E-state index is 13.9. The summed E-state index contributed by atoms with van der Waals surface area (Å²) in [5.74, 6) is -1.51. The zero-order chi connectivity index (χ0) is 31.1. The number of rotatable bonds is 11. The number of hydrogen-bond acceptors (Lipinski definition) is 6. The number of aliphatic carboxylic acids is 1. The number of carbonyl (C=O) groups is 3. The number of aromatic nitrogens is 2. The highest BCUT2D eigenvalue weighted by atomic mass is 35.5. The highest BCUT2D eigenvalue weighted by Crippen LogP contribution is 2.26. The summed E-state index contributed by atoms with van der Waals surface area (Å²) in [6, 6.07) is 23.2. The van der Waals surface area contributed by atoms with Gasteiger partial charge in [0, 0.05) is 35.0 Å². The van der Waals surface area contributed by atoms with Crippen LogP contribution in [0.4, 0.5) is 11.6 Å². The van der Waals surface area contributed by atoms with Gasteiger partial charge < -0.3 is 20.2 Å². The van der Waals surface area contributed by atoms with Crippen LogP contribution in [-0.4, -0.2) is 56.9 Å². The normalized spacial score (nSPS) is 14.3. The standard InChI is InChI=1S/C33H31Cl2N5O4/c34-24-13-15-25(16-14-24)37-31(43)29-11-6-18-40(29)33-36-19-26(28(38-33)17-12-22-7-2-1-3-8-22)32(44)39(21-30(41)42)20-23-9-4-5-10-27(23)35/h1-5,7-10,13-16,19,29H,6,11-12,17-18,20-21H2,(H,37,43)(H,41,42). The minimum Gasteiger partial charge on any atom is -0.480 e. The highest BCUT2D eigenvalue weighted by Gasteiger charge is 2.33. The zero-order valence-corrected chi connectivity index (χ0v) is 25.3. The number of carbonyl (C=O) groups excluding carboxylic acids is 2. The maximum atomic E-state index is 13.9. The van der Waals surface area contributed by atoms with Crippen LogP contribution in [0.15, 0.2) is 85.1 Å². The van der Waals surface area contributed by atoms with Crippen molar-refractivity contribution in [2.75, 3.05) is 23.3 Å². The fourth-order valence-corrected chi connectivity index (χ4v) is 5.55. The summed E-state index contributed by atoms with van der Waals surface area (Å²) in [7, 11) is 0. The molecule has 2 N–H and O–H groups in total. The summed E-state index contributed by atoms with van der Waals surface area (Å²) in [6.07, 6.45) is 3.84. The van der Waals surface area contributed by atoms with E-state index in [-0.39, 0.29) is 18.0 Å². The van der Waals surface area contributed by atoms with Crippen molar-refractivity contribution in [3.63, 3.8) is 0 Å². The van der Waals surface area contributed by atoms with Gasteiger partial charge in [-0.3, -0.25) is 14.4 Å². The fraction of sp³-hybridized carbons (Fsp3) is 0.242. The molecular formula is C33H31Cl2N5O4. The second-order valence-corrected chi connectivity index (χ2v) is 11.4. The molecule has 1 aliphatic rings. The van der Waals surface area contributed by atoms with Crippen molar-refractivity contribution in [3.05, 3.63) is 117 Å². The predicted octanol–water partition coefficient (Wildman–Crippen LogP) is 5.90. The summed E-state index contributed by atoms with van der Waals surface area (Å²) in [6.45, 7) is 0.0501. The van der Waals surface area contributed by atoms with Crippen LogP contribution in [-0.2, 0) is 29.0 Å². The molecule has 0 radical (unpaired) electrons. The molecule has 1 saturated heterocycles. The van der Waals surface area contributed by atoms with Crippen LogP contribution >= 0.6 is 23.2 Å². The first kappa shape index (κ1) is 31.0. The number of hydrogen-bond donors (Lipinski definition) is 2. The lowest BCUT2D eigenvalue weighted by atomic mass is 10.0. The molecule has 2 heterocycles. The summed E-state index contributed by atoms with van der Waals surface area (Å²) in [4.78, 5) is 51.4. The summed E-state index contributed by atoms with van der Waals surface area (Å²) < 4.78 is 0. The molecule has 0 aliphatic carbocycles. The monoisotopic (exact) mass is 631 g/mol. The number of carboxylic acid groups (broad SMARTS) is 1. The molecule has 2 amide bonds. The van der Waals surface area contributed by atoms with Crippen molar-refractivity contribution < 1.29 is 19.5 Å². The molecule has 1 aliphatic heterocycles. The lowest BCUT2D eigenvalue weighted by molar-refractivity contribution is -0.137. The van der Waals surface area contributed by atoms with Crippen LogP contribution in [0.25, 0.3) is 0 Å². The van der Waals surface area contributed by atoms with Crippen molar-refractivity contribution in [2.45, 2.75) is 38.3 Å². The summed E-state index contributed by atoms with van der Waals surface area (Å²) in [5.41, 5.74) is 3.00. The molecule has 0 saturated carbocycles. The average molecular weight is 633 g/mol. The van der Waals surface area contributed by atoms with E-state index in [0.29, 0.717) is 58.7 Å². The van der Waals surface area contributed by atoms with Crippen LogP contribution in [0, 0.1) is 0 Å². The molecule has 5 rings (SSSR count). The third-order valence-electron chi connectivity index (χ3n) is 7.44. The Kier molecular flexibility index (Phi) is 10.1. The van der Waals surface area contributed by atoms with Gasteiger partial charge >= 0.3 is 5.97 Å². The van der Waals surface area contributed by atoms with Crippen LogP contribution in [0.5, 0.6) is 0 Å². The molecule has 44 heavy (non-hydrogen) atoms. The first-order chi connectivity index (χ1) is 21.3. The number of halogens is 2. The van der Waals surface area contributed by atoms with Gasteiger partial charge in [-0.2, -0.15) is 0 Å². The average Bonchev–Trinajstić information content (AvgIpc) is 3.52. The molecule has 0 spiro atoms. The van der Waals surface area contributed by atoms with Gasteiger partial charge in [-0.15, -0.1) is 0 Å². The van der Waals surface area contributed by atoms with Gasteiger partial charge in [0.15, 0.2) is 0 Å². The van der Waals surface area contributed by atoms with E-state index in [1.54, 1.807) is 48.5 Å². The van der Waals surface area contributed by atoms with Gasteiger partial charge in [0.2, 0.25) is 11.9 Å². The van der Waals surface area contributed by atoms with Crippen LogP contribution in [0.1, 0.15) is 40.0 Å². The van der Waals surface area contributed by atoms with E-state index >= 15 is 0 Å². The lowest BCUT2D eigenvalue weighted by Crippen LogP contribution is -2.41. The minimum atomic E-state index is -1.15. The van der Waals surface area contributed by atoms with E-state index in [1.807, 2.05) is 35.2 Å². The largest absolute Gasteiger partial charge is 0.480 e. The fourth-order valence-electron chi connectivity index (χ4n) is 5.22. The third kappa shape index (κ3) is 7.72. The van der Waals surface area contributed by atoms with Gasteiger partial charge in [-0.25, -0.2) is 9.97 Å². The number of aryl methyl sites for hydroxylation is 2. The Balaban J connectivity index is 1.44. The molecule has 4 aromatic rings. The van der Waals surface area contributed by atoms with Gasteiger partial charge in [-0.1, -0.05) is 71.7 Å². The van der Waals surface area contributed by atoms with Crippen LogP contribution in [0.2, 0.25) is 10.0 Å². The molecule has 9 nitrogen and oxygen atoms in total. The minimum absolute atomic E-state index is 0.00372. The Hall–Kier alpha value is -4.47. The first-order valence-electron chi connectivity index (χ1n) is 14.3. The number of benzene rings is 3. The quantitative estimate of drug-likeness (QED) is 0.212. The molecule has 226 valence electrons. The molecule has 3 aromatic carbocycles. The first-order valence-corrected chi connectivity index (χ1v) is 15.0. The van der Waals surface area contributed by atoms with E-state index in [0.717, 1.165) is 12.0 Å². The number of nitrogens with one attached hydrogen (secondary N) is 1. The van der Waals surface area contributed by atoms with Crippen molar-refractivity contribution in [1.82, 2.24) is 14.9 Å². The second kappa shape index (κ2) is 14.3. The van der Waals surface area contributed by atoms with Gasteiger partial charge in [0.25, 0.3) is 5.91 Å². The lowest BCUT2D eigenvalue weighted by Gasteiger charge is -2.26. The molecule has 1 unspecified atom stereocenters. The van der Waals surface area contributed by atoms with Gasteiger partial charge in [0.05, 0.1) is 11.3 Å². The Morgan fingerprint density at radius 2 is 1.68 bits per heavy atom. The Bertz CT molecular complexity index is 1640. The Labute approximate surface area is 265 Å². The Morgan fingerprint density at radius 1 is 0.955 bits per heavy atom. The van der Waals surface area contributed by atoms with Crippen molar-refractivity contribution in [1.29, 1.82) is 0 Å². The maximum Gasteiger partial charge on any atom is 0.323 e. The van der Waals surface area contributed by atoms with Crippen molar-refractivity contribution >= 4 is 52.6 Å². The van der Waals surface area contributed by atoms with E-state index in [9.17, 15) is 19.5 Å². The van der Waals surface area contributed by atoms with Gasteiger partial charge in [0.1, 0.15) is 12.6 Å². The second-order valence-electron chi connectivity index (χ2n) is 10.5. The predicted molar refractivity (Wildman–Crippen MR) is 170 cm³/mol. The SMILES string of the molecule is O=C(O)CN(Cc1ccccc1Cl)C(=O)c1cnc(N2CCCC2C(=O)Nc2ccc(Cl)cc2)nc1CCc1ccccc1. The number of nitrogens with zero attached hydrogens (tertiary/aromatic N) is 4. The van der Waals surface area contributed by atoms with Crippen LogP contribution < -0.4 is 10.2 Å². The third-order valence-corrected chi connectivity index (χ3v) is 8.06. The molecular weight excluding hydrogens is 601 g/mol. The summed E-state index contributed by atoms with van der Waals surface area (Å²) in [5, 5.41) is 13.6. The smallest absolute Gasteiger partial charge is 0.323 e. The highest BCUT2D eigenvalue weighted by molar-refractivity contribution is 6.31. The van der Waals surface area contributed by atoms with Crippen LogP contribution in [0.3, 0.4) is 0 Å². The van der Waals surface area contributed by atoms with Crippen molar-refractivity contribution in [2.24, 2.45) is 0 Å². The zero-order valence-electron chi connectivity index (χ0n) is 23.8. The van der Waals surface area contributed by atoms with E-state index in [1.165, 1.54) is 11.1 Å². The topological polar surface area (TPSA) is 116 Å². The molecule has 0 bridgehead atoms. The Morgan fingerprint density at radius 3 is 2.41 bits per heavy atom. The molecule has 1 atom stereocenters. The molecule has 11 heteroatoms. The number of anilines is 2. The number of amides is 2. The van der Waals surface area contributed by atoms with E-state index < -0.39 is 24.5 Å². The van der Waals surface area contributed by atoms with Crippen molar-refractivity contribution in [3.8, 4) is 0 Å².